The fourth-order valence-electron chi connectivity index (χ4n) is 4.12. The van der Waals surface area contributed by atoms with Gasteiger partial charge in [0.05, 0.1) is 4.88 Å². The van der Waals surface area contributed by atoms with Gasteiger partial charge >= 0.3 is 0 Å². The number of amides is 1. The number of rotatable bonds is 3. The number of nitrogens with zero attached hydrogens (tertiary/aromatic N) is 2. The van der Waals surface area contributed by atoms with Gasteiger partial charge in [-0.2, -0.15) is 0 Å². The van der Waals surface area contributed by atoms with Gasteiger partial charge in [0.15, 0.2) is 0 Å². The average molecular weight is 304 g/mol. The molecule has 1 aromatic heterocycles. The number of carbonyl (C=O) groups excluding carboxylic acids is 1. The molecule has 2 saturated heterocycles. The third-order valence-electron chi connectivity index (χ3n) is 5.41. The molecule has 21 heavy (non-hydrogen) atoms. The van der Waals surface area contributed by atoms with Crippen molar-refractivity contribution >= 4 is 17.2 Å². The van der Waals surface area contributed by atoms with Gasteiger partial charge in [-0.1, -0.05) is 6.07 Å². The van der Waals surface area contributed by atoms with E-state index in [1.807, 2.05) is 17.5 Å². The maximum atomic E-state index is 12.6. The van der Waals surface area contributed by atoms with Gasteiger partial charge in [-0.15, -0.1) is 11.3 Å². The van der Waals surface area contributed by atoms with Crippen LogP contribution in [0.5, 0.6) is 0 Å². The largest absolute Gasteiger partial charge is 0.337 e. The van der Waals surface area contributed by atoms with E-state index in [1.165, 1.54) is 51.7 Å². The van der Waals surface area contributed by atoms with Crippen molar-refractivity contribution in [1.29, 1.82) is 0 Å². The molecule has 3 aliphatic rings. The number of carbonyl (C=O) groups is 1. The number of hydrogen-bond acceptors (Lipinski definition) is 3. The molecule has 2 aliphatic heterocycles. The quantitative estimate of drug-likeness (QED) is 0.857. The van der Waals surface area contributed by atoms with Crippen LogP contribution in [0.3, 0.4) is 0 Å². The van der Waals surface area contributed by atoms with Crippen LogP contribution >= 0.6 is 11.3 Å². The number of likely N-dealkylation sites (tertiary alicyclic amines) is 2. The highest BCUT2D eigenvalue weighted by molar-refractivity contribution is 7.12. The molecule has 1 spiro atoms. The first-order valence-electron chi connectivity index (χ1n) is 8.29. The summed E-state index contributed by atoms with van der Waals surface area (Å²) in [7, 11) is 0. The second-order valence-electron chi connectivity index (χ2n) is 7.24. The fourth-order valence-corrected chi connectivity index (χ4v) is 4.81. The third kappa shape index (κ3) is 2.88. The molecular weight excluding hydrogens is 280 g/mol. The zero-order valence-corrected chi connectivity index (χ0v) is 13.4. The lowest BCUT2D eigenvalue weighted by Gasteiger charge is -2.40. The molecule has 3 fully saturated rings. The van der Waals surface area contributed by atoms with Gasteiger partial charge in [0.2, 0.25) is 0 Å². The van der Waals surface area contributed by atoms with Crippen LogP contribution in [0.15, 0.2) is 17.5 Å². The van der Waals surface area contributed by atoms with E-state index < -0.39 is 0 Å². The lowest BCUT2D eigenvalue weighted by Crippen LogP contribution is -2.47. The normalized spacial score (nSPS) is 30.2. The summed E-state index contributed by atoms with van der Waals surface area (Å²) in [6, 6.07) is 3.94. The molecule has 1 atom stereocenters. The molecule has 3 nitrogen and oxygen atoms in total. The highest BCUT2D eigenvalue weighted by Crippen LogP contribution is 2.41. The lowest BCUT2D eigenvalue weighted by atomic mass is 9.79. The van der Waals surface area contributed by atoms with Crippen molar-refractivity contribution in [3.8, 4) is 0 Å². The Labute approximate surface area is 130 Å². The first-order chi connectivity index (χ1) is 10.2. The van der Waals surface area contributed by atoms with Crippen LogP contribution in [-0.2, 0) is 0 Å². The zero-order valence-electron chi connectivity index (χ0n) is 12.6. The van der Waals surface area contributed by atoms with Crippen molar-refractivity contribution < 1.29 is 4.79 Å². The van der Waals surface area contributed by atoms with Gasteiger partial charge in [-0.05, 0) is 56.0 Å². The van der Waals surface area contributed by atoms with Crippen molar-refractivity contribution in [2.24, 2.45) is 11.3 Å². The second kappa shape index (κ2) is 5.40. The molecule has 0 radical (unpaired) electrons. The van der Waals surface area contributed by atoms with Crippen LogP contribution in [0.1, 0.15) is 41.8 Å². The third-order valence-corrected chi connectivity index (χ3v) is 6.27. The predicted octanol–water partition coefficient (Wildman–Crippen LogP) is 3.09. The predicted molar refractivity (Wildman–Crippen MR) is 85.7 cm³/mol. The molecular formula is C17H24N2OS. The lowest BCUT2D eigenvalue weighted by molar-refractivity contribution is 0.0532. The molecule has 1 amide bonds. The van der Waals surface area contributed by atoms with Crippen molar-refractivity contribution in [3.05, 3.63) is 22.4 Å². The molecule has 0 bridgehead atoms. The molecule has 1 aliphatic carbocycles. The minimum Gasteiger partial charge on any atom is -0.337 e. The number of piperidine rings is 1. The van der Waals surface area contributed by atoms with Gasteiger partial charge in [0, 0.05) is 31.6 Å². The fraction of sp³-hybridized carbons (Fsp3) is 0.706. The smallest absolute Gasteiger partial charge is 0.263 e. The van der Waals surface area contributed by atoms with Gasteiger partial charge in [0.25, 0.3) is 5.91 Å². The Bertz CT molecular complexity index is 511. The molecule has 1 aromatic rings. The topological polar surface area (TPSA) is 23.6 Å². The maximum Gasteiger partial charge on any atom is 0.263 e. The van der Waals surface area contributed by atoms with Crippen LogP contribution in [0.4, 0.5) is 0 Å². The Hall–Kier alpha value is -0.870. The highest BCUT2D eigenvalue weighted by atomic mass is 32.1. The monoisotopic (exact) mass is 304 g/mol. The summed E-state index contributed by atoms with van der Waals surface area (Å²) in [4.78, 5) is 18.3. The van der Waals surface area contributed by atoms with E-state index in [4.69, 9.17) is 0 Å². The molecule has 1 saturated carbocycles. The number of thiophene rings is 1. The molecule has 0 aromatic carbocycles. The molecule has 0 N–H and O–H groups in total. The summed E-state index contributed by atoms with van der Waals surface area (Å²) in [6.07, 6.45) is 6.64. The minimum atomic E-state index is 0.254. The van der Waals surface area contributed by atoms with E-state index in [0.717, 1.165) is 23.9 Å². The van der Waals surface area contributed by atoms with E-state index in [0.29, 0.717) is 5.41 Å². The van der Waals surface area contributed by atoms with Crippen LogP contribution in [0.25, 0.3) is 0 Å². The Morgan fingerprint density at radius 2 is 2.19 bits per heavy atom. The number of hydrogen-bond donors (Lipinski definition) is 0. The Morgan fingerprint density at radius 1 is 1.29 bits per heavy atom. The first kappa shape index (κ1) is 13.8. The van der Waals surface area contributed by atoms with Crippen molar-refractivity contribution in [1.82, 2.24) is 9.80 Å². The van der Waals surface area contributed by atoms with E-state index in [-0.39, 0.29) is 5.91 Å². The van der Waals surface area contributed by atoms with Crippen LogP contribution in [-0.4, -0.2) is 48.4 Å². The van der Waals surface area contributed by atoms with Crippen molar-refractivity contribution in [2.75, 3.05) is 32.7 Å². The van der Waals surface area contributed by atoms with E-state index in [2.05, 4.69) is 9.80 Å². The summed E-state index contributed by atoms with van der Waals surface area (Å²) in [5, 5.41) is 2.00. The summed E-state index contributed by atoms with van der Waals surface area (Å²) in [5.41, 5.74) is 0.389. The zero-order chi connectivity index (χ0) is 14.3. The molecule has 1 unspecified atom stereocenters. The van der Waals surface area contributed by atoms with Gasteiger partial charge in [0.1, 0.15) is 0 Å². The van der Waals surface area contributed by atoms with Crippen molar-refractivity contribution in [2.45, 2.75) is 32.1 Å². The summed E-state index contributed by atoms with van der Waals surface area (Å²) in [6.45, 7) is 5.70. The standard InChI is InChI=1S/C17H24N2OS/c20-16(15-3-1-10-21-15)19-8-2-6-17(13-19)7-9-18(12-17)11-14-4-5-14/h1,3,10,14H,2,4-9,11-13H2. The summed E-state index contributed by atoms with van der Waals surface area (Å²) >= 11 is 1.57. The first-order valence-corrected chi connectivity index (χ1v) is 9.17. The molecule has 3 heterocycles. The minimum absolute atomic E-state index is 0.254. The van der Waals surface area contributed by atoms with Gasteiger partial charge < -0.3 is 9.80 Å². The van der Waals surface area contributed by atoms with Crippen LogP contribution in [0.2, 0.25) is 0 Å². The van der Waals surface area contributed by atoms with E-state index >= 15 is 0 Å². The molecule has 114 valence electrons. The van der Waals surface area contributed by atoms with E-state index in [1.54, 1.807) is 11.3 Å². The molecule has 4 heteroatoms. The maximum absolute atomic E-state index is 12.6. The van der Waals surface area contributed by atoms with Crippen LogP contribution in [0, 0.1) is 11.3 Å². The second-order valence-corrected chi connectivity index (χ2v) is 8.18. The average Bonchev–Trinajstić information content (AvgIpc) is 3.00. The summed E-state index contributed by atoms with van der Waals surface area (Å²) < 4.78 is 0. The van der Waals surface area contributed by atoms with Crippen LogP contribution < -0.4 is 0 Å². The Morgan fingerprint density at radius 3 is 2.95 bits per heavy atom. The summed E-state index contributed by atoms with van der Waals surface area (Å²) in [5.74, 6) is 1.23. The van der Waals surface area contributed by atoms with Gasteiger partial charge in [-0.3, -0.25) is 4.79 Å². The van der Waals surface area contributed by atoms with Gasteiger partial charge in [-0.25, -0.2) is 0 Å². The van der Waals surface area contributed by atoms with E-state index in [9.17, 15) is 4.79 Å². The SMILES string of the molecule is O=C(c1cccs1)N1CCCC2(CCN(CC3CC3)C2)C1. The Balaban J connectivity index is 1.41. The molecule has 4 rings (SSSR count). The Kier molecular flexibility index (Phi) is 3.54. The highest BCUT2D eigenvalue weighted by Gasteiger charge is 2.43. The van der Waals surface area contributed by atoms with Crippen molar-refractivity contribution in [3.63, 3.8) is 0 Å².